The topological polar surface area (TPSA) is 55.1 Å². The number of benzene rings is 1. The summed E-state index contributed by atoms with van der Waals surface area (Å²) in [5.74, 6) is -1.83. The minimum absolute atomic E-state index is 0.0706. The standard InChI is InChI=1S/C8H8F2N2O/c9-5-1-2-6(10)7(3-5)12-4-8(11)13/h1-3,12H,4H2,(H2,11,13). The molecule has 0 saturated heterocycles. The van der Waals surface area contributed by atoms with Crippen LogP contribution in [0.15, 0.2) is 18.2 Å². The first-order valence-electron chi connectivity index (χ1n) is 3.57. The lowest BCUT2D eigenvalue weighted by Gasteiger charge is -2.04. The molecule has 70 valence electrons. The van der Waals surface area contributed by atoms with Crippen LogP contribution in [0.1, 0.15) is 0 Å². The van der Waals surface area contributed by atoms with Crippen molar-refractivity contribution in [2.24, 2.45) is 5.73 Å². The van der Waals surface area contributed by atoms with E-state index in [0.717, 1.165) is 18.2 Å². The number of hydrogen-bond donors (Lipinski definition) is 2. The summed E-state index contributed by atoms with van der Waals surface area (Å²) in [6.07, 6.45) is 0. The highest BCUT2D eigenvalue weighted by molar-refractivity contribution is 5.78. The second kappa shape index (κ2) is 3.84. The predicted octanol–water partition coefficient (Wildman–Crippen LogP) is 0.862. The minimum Gasteiger partial charge on any atom is -0.374 e. The summed E-state index contributed by atoms with van der Waals surface area (Å²) in [5.41, 5.74) is 4.74. The molecule has 3 N–H and O–H groups in total. The molecule has 13 heavy (non-hydrogen) atoms. The molecule has 0 saturated carbocycles. The van der Waals surface area contributed by atoms with Gasteiger partial charge in [0.1, 0.15) is 11.6 Å². The smallest absolute Gasteiger partial charge is 0.236 e. The number of carbonyl (C=O) groups is 1. The number of carbonyl (C=O) groups excluding carboxylic acids is 1. The maximum absolute atomic E-state index is 12.8. The largest absolute Gasteiger partial charge is 0.374 e. The molecule has 0 aliphatic rings. The third-order valence-corrected chi connectivity index (χ3v) is 1.38. The lowest BCUT2D eigenvalue weighted by Crippen LogP contribution is -2.22. The zero-order valence-corrected chi connectivity index (χ0v) is 6.68. The molecule has 3 nitrogen and oxygen atoms in total. The summed E-state index contributed by atoms with van der Waals surface area (Å²) in [6.45, 7) is -0.222. The van der Waals surface area contributed by atoms with Crippen LogP contribution in [-0.4, -0.2) is 12.5 Å². The van der Waals surface area contributed by atoms with Crippen molar-refractivity contribution in [3.05, 3.63) is 29.8 Å². The van der Waals surface area contributed by atoms with Crippen molar-refractivity contribution in [2.75, 3.05) is 11.9 Å². The number of primary amides is 1. The van der Waals surface area contributed by atoms with Gasteiger partial charge in [-0.2, -0.15) is 0 Å². The van der Waals surface area contributed by atoms with Gasteiger partial charge in [-0.25, -0.2) is 8.78 Å². The zero-order chi connectivity index (χ0) is 9.84. The van der Waals surface area contributed by atoms with E-state index in [9.17, 15) is 13.6 Å². The summed E-state index contributed by atoms with van der Waals surface area (Å²) < 4.78 is 25.4. The van der Waals surface area contributed by atoms with Gasteiger partial charge in [0.15, 0.2) is 0 Å². The van der Waals surface area contributed by atoms with E-state index in [2.05, 4.69) is 5.32 Å². The molecule has 0 unspecified atom stereocenters. The normalized spacial score (nSPS) is 9.69. The number of nitrogens with two attached hydrogens (primary N) is 1. The third kappa shape index (κ3) is 2.70. The molecule has 0 radical (unpaired) electrons. The van der Waals surface area contributed by atoms with Crippen molar-refractivity contribution in [3.63, 3.8) is 0 Å². The number of hydrogen-bond acceptors (Lipinski definition) is 2. The second-order valence-corrected chi connectivity index (χ2v) is 2.44. The molecule has 1 rings (SSSR count). The van der Waals surface area contributed by atoms with E-state index >= 15 is 0 Å². The van der Waals surface area contributed by atoms with Crippen LogP contribution in [0.4, 0.5) is 14.5 Å². The Bertz CT molecular complexity index is 328. The van der Waals surface area contributed by atoms with Crippen molar-refractivity contribution in [2.45, 2.75) is 0 Å². The highest BCUT2D eigenvalue weighted by Gasteiger charge is 2.03. The Balaban J connectivity index is 2.75. The van der Waals surface area contributed by atoms with Crippen LogP contribution in [0.2, 0.25) is 0 Å². The van der Waals surface area contributed by atoms with Crippen LogP contribution in [0.3, 0.4) is 0 Å². The third-order valence-electron chi connectivity index (χ3n) is 1.38. The SMILES string of the molecule is NC(=O)CNc1cc(F)ccc1F. The van der Waals surface area contributed by atoms with Crippen molar-refractivity contribution >= 4 is 11.6 Å². The molecule has 0 aliphatic carbocycles. The van der Waals surface area contributed by atoms with Crippen LogP contribution in [0.5, 0.6) is 0 Å². The van der Waals surface area contributed by atoms with E-state index < -0.39 is 17.5 Å². The van der Waals surface area contributed by atoms with Gasteiger partial charge in [0.05, 0.1) is 12.2 Å². The Morgan fingerprint density at radius 3 is 2.77 bits per heavy atom. The highest BCUT2D eigenvalue weighted by atomic mass is 19.1. The van der Waals surface area contributed by atoms with E-state index in [4.69, 9.17) is 5.73 Å². The molecule has 0 heterocycles. The van der Waals surface area contributed by atoms with Crippen molar-refractivity contribution in [3.8, 4) is 0 Å². The first-order chi connectivity index (χ1) is 6.09. The summed E-state index contributed by atoms with van der Waals surface area (Å²) >= 11 is 0. The predicted molar refractivity (Wildman–Crippen MR) is 44.0 cm³/mol. The fourth-order valence-electron chi connectivity index (χ4n) is 0.815. The van der Waals surface area contributed by atoms with Crippen LogP contribution < -0.4 is 11.1 Å². The van der Waals surface area contributed by atoms with Crippen molar-refractivity contribution in [1.82, 2.24) is 0 Å². The van der Waals surface area contributed by atoms with Crippen molar-refractivity contribution < 1.29 is 13.6 Å². The summed E-state index contributed by atoms with van der Waals surface area (Å²) in [7, 11) is 0. The first kappa shape index (κ1) is 9.44. The molecule has 0 spiro atoms. The molecule has 0 atom stereocenters. The lowest BCUT2D eigenvalue weighted by atomic mass is 10.3. The molecule has 0 fully saturated rings. The van der Waals surface area contributed by atoms with Gasteiger partial charge in [0, 0.05) is 0 Å². The Morgan fingerprint density at radius 2 is 2.15 bits per heavy atom. The molecule has 0 bridgehead atoms. The quantitative estimate of drug-likeness (QED) is 0.735. The number of rotatable bonds is 3. The van der Waals surface area contributed by atoms with E-state index in [1.54, 1.807) is 0 Å². The average Bonchev–Trinajstić information content (AvgIpc) is 2.06. The Morgan fingerprint density at radius 1 is 1.46 bits per heavy atom. The maximum Gasteiger partial charge on any atom is 0.236 e. The summed E-state index contributed by atoms with van der Waals surface area (Å²) in [5, 5.41) is 2.36. The molecule has 1 aromatic carbocycles. The van der Waals surface area contributed by atoms with Gasteiger partial charge < -0.3 is 11.1 Å². The van der Waals surface area contributed by atoms with E-state index in [1.807, 2.05) is 0 Å². The summed E-state index contributed by atoms with van der Waals surface area (Å²) in [6, 6.07) is 2.92. The molecule has 1 amide bonds. The summed E-state index contributed by atoms with van der Waals surface area (Å²) in [4.78, 5) is 10.3. The van der Waals surface area contributed by atoms with Crippen LogP contribution >= 0.6 is 0 Å². The first-order valence-corrected chi connectivity index (χ1v) is 3.57. The van der Waals surface area contributed by atoms with Crippen LogP contribution in [0.25, 0.3) is 0 Å². The van der Waals surface area contributed by atoms with E-state index in [0.29, 0.717) is 0 Å². The molecule has 5 heteroatoms. The number of halogens is 2. The van der Waals surface area contributed by atoms with Gasteiger partial charge in [0.2, 0.25) is 5.91 Å². The Kier molecular flexibility index (Phi) is 2.79. The molecule has 0 aromatic heterocycles. The Labute approximate surface area is 73.5 Å². The monoisotopic (exact) mass is 186 g/mol. The lowest BCUT2D eigenvalue weighted by molar-refractivity contribution is -0.116. The van der Waals surface area contributed by atoms with E-state index in [-0.39, 0.29) is 12.2 Å². The number of anilines is 1. The van der Waals surface area contributed by atoms with Gasteiger partial charge in [-0.15, -0.1) is 0 Å². The fraction of sp³-hybridized carbons (Fsp3) is 0.125. The number of nitrogens with one attached hydrogen (secondary N) is 1. The maximum atomic E-state index is 12.8. The molecular formula is C8H8F2N2O. The Hall–Kier alpha value is -1.65. The van der Waals surface area contributed by atoms with Gasteiger partial charge >= 0.3 is 0 Å². The van der Waals surface area contributed by atoms with Gasteiger partial charge in [0.25, 0.3) is 0 Å². The molecular weight excluding hydrogens is 178 g/mol. The fourth-order valence-corrected chi connectivity index (χ4v) is 0.815. The zero-order valence-electron chi connectivity index (χ0n) is 6.68. The van der Waals surface area contributed by atoms with Gasteiger partial charge in [-0.05, 0) is 18.2 Å². The highest BCUT2D eigenvalue weighted by Crippen LogP contribution is 2.14. The van der Waals surface area contributed by atoms with Crippen LogP contribution in [0, 0.1) is 11.6 Å². The van der Waals surface area contributed by atoms with E-state index in [1.165, 1.54) is 0 Å². The van der Waals surface area contributed by atoms with Gasteiger partial charge in [-0.3, -0.25) is 4.79 Å². The van der Waals surface area contributed by atoms with Gasteiger partial charge in [-0.1, -0.05) is 0 Å². The number of amides is 1. The molecule has 1 aromatic rings. The minimum atomic E-state index is -0.635. The van der Waals surface area contributed by atoms with Crippen molar-refractivity contribution in [1.29, 1.82) is 0 Å². The second-order valence-electron chi connectivity index (χ2n) is 2.44. The van der Waals surface area contributed by atoms with Crippen LogP contribution in [-0.2, 0) is 4.79 Å². The average molecular weight is 186 g/mol. The molecule has 0 aliphatic heterocycles.